The fraction of sp³-hybridized carbons (Fsp3) is 0.483. The molecule has 4 rings (SSSR count). The second-order valence-corrected chi connectivity index (χ2v) is 9.98. The van der Waals surface area contributed by atoms with Gasteiger partial charge in [0.1, 0.15) is 0 Å². The van der Waals surface area contributed by atoms with Crippen LogP contribution >= 0.6 is 0 Å². The molecule has 7 heteroatoms. The van der Waals surface area contributed by atoms with Crippen LogP contribution in [0.4, 0.5) is 5.69 Å². The zero-order chi connectivity index (χ0) is 25.8. The Hall–Kier alpha value is -3.19. The normalized spacial score (nSPS) is 18.1. The minimum absolute atomic E-state index is 0.160. The molecule has 2 aliphatic heterocycles. The van der Waals surface area contributed by atoms with Crippen molar-refractivity contribution >= 4 is 23.4 Å². The number of aliphatic imine (C=N–C) groups is 1. The Bertz CT molecular complexity index is 1240. The summed E-state index contributed by atoms with van der Waals surface area (Å²) in [7, 11) is 2.11. The highest BCUT2D eigenvalue weighted by molar-refractivity contribution is 6.12. The number of aromatic nitrogens is 1. The second kappa shape index (κ2) is 11.2. The molecule has 0 spiro atoms. The number of nitrogens with one attached hydrogen (secondary N) is 2. The van der Waals surface area contributed by atoms with Gasteiger partial charge in [-0.25, -0.2) is 0 Å². The summed E-state index contributed by atoms with van der Waals surface area (Å²) in [5.41, 5.74) is 6.72. The zero-order valence-corrected chi connectivity index (χ0v) is 22.1. The molecule has 1 atom stereocenters. The maximum absolute atomic E-state index is 13.5. The lowest BCUT2D eigenvalue weighted by Crippen LogP contribution is -2.37. The molecule has 1 fully saturated rings. The number of carbonyl (C=O) groups is 1. The molecular weight excluding hydrogens is 452 g/mol. The predicted octanol–water partition coefficient (Wildman–Crippen LogP) is 4.48. The number of benzene rings is 1. The number of aromatic amines is 1. The molecule has 1 aromatic heterocycles. The van der Waals surface area contributed by atoms with E-state index in [1.807, 2.05) is 39.1 Å². The molecule has 1 saturated heterocycles. The molecule has 1 unspecified atom stereocenters. The van der Waals surface area contributed by atoms with E-state index in [2.05, 4.69) is 41.3 Å². The van der Waals surface area contributed by atoms with Crippen molar-refractivity contribution in [3.05, 3.63) is 68.1 Å². The van der Waals surface area contributed by atoms with Gasteiger partial charge in [-0.3, -0.25) is 14.6 Å². The van der Waals surface area contributed by atoms with Crippen LogP contribution in [0.1, 0.15) is 70.9 Å². The van der Waals surface area contributed by atoms with E-state index in [0.717, 1.165) is 72.5 Å². The Kier molecular flexibility index (Phi) is 8.09. The number of aryl methyl sites for hydroxylation is 2. The first-order chi connectivity index (χ1) is 17.3. The van der Waals surface area contributed by atoms with Crippen LogP contribution in [-0.4, -0.2) is 49.5 Å². The van der Waals surface area contributed by atoms with Gasteiger partial charge in [0.25, 0.3) is 11.5 Å². The summed E-state index contributed by atoms with van der Waals surface area (Å²) in [6, 6.07) is 6.75. The van der Waals surface area contributed by atoms with Gasteiger partial charge in [0.15, 0.2) is 0 Å². The van der Waals surface area contributed by atoms with Crippen LogP contribution in [0.5, 0.6) is 0 Å². The summed E-state index contributed by atoms with van der Waals surface area (Å²) < 4.78 is 5.57. The summed E-state index contributed by atoms with van der Waals surface area (Å²) in [6.45, 7) is 9.59. The smallest absolute Gasteiger partial charge is 0.253 e. The number of dihydropyridines is 1. The highest BCUT2D eigenvalue weighted by atomic mass is 16.5. The lowest BCUT2D eigenvalue weighted by atomic mass is 9.94. The molecule has 0 radical (unpaired) electrons. The molecule has 192 valence electrons. The largest absolute Gasteiger partial charge is 0.381 e. The van der Waals surface area contributed by atoms with Crippen LogP contribution in [0.2, 0.25) is 0 Å². The van der Waals surface area contributed by atoms with E-state index in [4.69, 9.17) is 9.73 Å². The number of H-pyrrole nitrogens is 1. The van der Waals surface area contributed by atoms with Crippen LogP contribution in [0.25, 0.3) is 5.57 Å². The Morgan fingerprint density at radius 3 is 2.58 bits per heavy atom. The van der Waals surface area contributed by atoms with Gasteiger partial charge in [0.2, 0.25) is 0 Å². The van der Waals surface area contributed by atoms with Gasteiger partial charge in [-0.05, 0) is 86.9 Å². The number of anilines is 1. The Balaban J connectivity index is 1.67. The van der Waals surface area contributed by atoms with E-state index < -0.39 is 0 Å². The first kappa shape index (κ1) is 25.9. The van der Waals surface area contributed by atoms with Crippen LogP contribution < -0.4 is 15.8 Å². The molecule has 2 N–H and O–H groups in total. The van der Waals surface area contributed by atoms with Gasteiger partial charge in [-0.15, -0.1) is 0 Å². The molecule has 2 aromatic rings. The molecule has 0 saturated carbocycles. The number of nitrogens with zero attached hydrogens (tertiary/aromatic N) is 2. The number of carbonyl (C=O) groups excluding carboxylic acids is 1. The first-order valence-electron chi connectivity index (χ1n) is 12.9. The number of amides is 1. The Morgan fingerprint density at radius 2 is 1.94 bits per heavy atom. The van der Waals surface area contributed by atoms with Crippen molar-refractivity contribution in [2.45, 2.75) is 72.0 Å². The topological polar surface area (TPSA) is 86.8 Å². The summed E-state index contributed by atoms with van der Waals surface area (Å²) in [4.78, 5) is 35.8. The summed E-state index contributed by atoms with van der Waals surface area (Å²) in [6.07, 6.45) is 7.99. The van der Waals surface area contributed by atoms with Crippen LogP contribution in [0.3, 0.4) is 0 Å². The average molecular weight is 491 g/mol. The summed E-state index contributed by atoms with van der Waals surface area (Å²) >= 11 is 0. The number of hydrogen-bond acceptors (Lipinski definition) is 5. The lowest BCUT2D eigenvalue weighted by Gasteiger charge is -2.34. The fourth-order valence-electron chi connectivity index (χ4n) is 5.13. The van der Waals surface area contributed by atoms with Crippen molar-refractivity contribution in [3.63, 3.8) is 0 Å². The molecule has 36 heavy (non-hydrogen) atoms. The van der Waals surface area contributed by atoms with Gasteiger partial charge in [0.05, 0.1) is 6.04 Å². The number of pyridine rings is 1. The van der Waals surface area contributed by atoms with E-state index in [9.17, 15) is 9.59 Å². The first-order valence-corrected chi connectivity index (χ1v) is 12.9. The van der Waals surface area contributed by atoms with E-state index in [1.54, 1.807) is 0 Å². The molecule has 7 nitrogen and oxygen atoms in total. The molecule has 2 aliphatic rings. The molecular formula is C29H38N4O3. The van der Waals surface area contributed by atoms with Crippen molar-refractivity contribution in [2.24, 2.45) is 4.99 Å². The van der Waals surface area contributed by atoms with Crippen molar-refractivity contribution in [1.29, 1.82) is 0 Å². The third kappa shape index (κ3) is 5.62. The third-order valence-electron chi connectivity index (χ3n) is 7.50. The molecule has 0 bridgehead atoms. The molecule has 0 aliphatic carbocycles. The van der Waals surface area contributed by atoms with Crippen molar-refractivity contribution in [3.8, 4) is 0 Å². The van der Waals surface area contributed by atoms with Gasteiger partial charge < -0.3 is 19.9 Å². The number of rotatable bonds is 7. The highest BCUT2D eigenvalue weighted by Crippen LogP contribution is 2.32. The third-order valence-corrected chi connectivity index (χ3v) is 7.50. The minimum atomic E-state index is -0.185. The maximum Gasteiger partial charge on any atom is 0.253 e. The Labute approximate surface area is 213 Å². The van der Waals surface area contributed by atoms with Gasteiger partial charge in [0, 0.05) is 61.6 Å². The molecule has 1 aromatic carbocycles. The Morgan fingerprint density at radius 1 is 1.19 bits per heavy atom. The molecule has 1 amide bonds. The second-order valence-electron chi connectivity index (χ2n) is 9.98. The predicted molar refractivity (Wildman–Crippen MR) is 146 cm³/mol. The average Bonchev–Trinajstić information content (AvgIpc) is 2.88. The highest BCUT2D eigenvalue weighted by Gasteiger charge is 2.24. The van der Waals surface area contributed by atoms with E-state index in [1.165, 1.54) is 0 Å². The van der Waals surface area contributed by atoms with Crippen LogP contribution in [0, 0.1) is 20.8 Å². The van der Waals surface area contributed by atoms with E-state index in [0.29, 0.717) is 23.2 Å². The standard InChI is InChI=1S/C29H38N4O3/c1-6-23-8-7-21(16-30-23)22-14-25(20(4)27(15-22)33(5)24-9-11-36-12-10-24)28(34)31-17-26-18(2)13-19(3)32-29(26)35/h7,13-16,23-24H,6,8-12,17H2,1-5H3,(H,31,34)(H,32,35). The summed E-state index contributed by atoms with van der Waals surface area (Å²) in [5, 5.41) is 3.00. The van der Waals surface area contributed by atoms with Gasteiger partial charge in [-0.1, -0.05) is 13.0 Å². The quantitative estimate of drug-likeness (QED) is 0.599. The van der Waals surface area contributed by atoms with Gasteiger partial charge >= 0.3 is 0 Å². The minimum Gasteiger partial charge on any atom is -0.381 e. The SMILES string of the molecule is CCC1CC=C(c2cc(C(=O)NCc3c(C)cc(C)[nH]c3=O)c(C)c(N(C)C3CCOCC3)c2)C=N1. The molecule has 3 heterocycles. The van der Waals surface area contributed by atoms with E-state index >= 15 is 0 Å². The lowest BCUT2D eigenvalue weighted by molar-refractivity contribution is 0.0854. The number of hydrogen-bond donors (Lipinski definition) is 2. The summed E-state index contributed by atoms with van der Waals surface area (Å²) in [5.74, 6) is -0.185. The van der Waals surface area contributed by atoms with Crippen molar-refractivity contribution in [2.75, 3.05) is 25.2 Å². The fourth-order valence-corrected chi connectivity index (χ4v) is 5.13. The monoisotopic (exact) mass is 490 g/mol. The maximum atomic E-state index is 13.5. The number of allylic oxidation sites excluding steroid dienone is 1. The van der Waals surface area contributed by atoms with Crippen LogP contribution in [0.15, 0.2) is 34.1 Å². The van der Waals surface area contributed by atoms with Crippen LogP contribution in [-0.2, 0) is 11.3 Å². The zero-order valence-electron chi connectivity index (χ0n) is 22.1. The van der Waals surface area contributed by atoms with E-state index in [-0.39, 0.29) is 18.0 Å². The van der Waals surface area contributed by atoms with Crippen molar-refractivity contribution in [1.82, 2.24) is 10.3 Å². The van der Waals surface area contributed by atoms with Crippen molar-refractivity contribution < 1.29 is 9.53 Å². The number of ether oxygens (including phenoxy) is 1. The van der Waals surface area contributed by atoms with Gasteiger partial charge in [-0.2, -0.15) is 0 Å².